The van der Waals surface area contributed by atoms with E-state index in [1.807, 2.05) is 42.5 Å². The number of carbonyl (C=O) groups is 1. The summed E-state index contributed by atoms with van der Waals surface area (Å²) in [6, 6.07) is 16.6. The highest BCUT2D eigenvalue weighted by atomic mass is 16.3. The van der Waals surface area contributed by atoms with Gasteiger partial charge in [0.2, 0.25) is 0 Å². The molecule has 0 bridgehead atoms. The zero-order chi connectivity index (χ0) is 15.6. The number of aromatic amines is 1. The van der Waals surface area contributed by atoms with Gasteiger partial charge in [0.05, 0.1) is 11.0 Å². The van der Waals surface area contributed by atoms with E-state index >= 15 is 0 Å². The maximum atomic E-state index is 12.3. The SMILES string of the molecule is C[C@](O)(Cc1nc2ccccc2[nH]1)C(=O)Nc1ccccc1. The summed E-state index contributed by atoms with van der Waals surface area (Å²) in [6.07, 6.45) is 0.111. The average molecular weight is 295 g/mol. The minimum atomic E-state index is -1.55. The molecule has 0 aliphatic heterocycles. The van der Waals surface area contributed by atoms with Crippen LogP contribution in [-0.2, 0) is 11.2 Å². The first-order valence-electron chi connectivity index (χ1n) is 7.07. The number of hydrogen-bond acceptors (Lipinski definition) is 3. The summed E-state index contributed by atoms with van der Waals surface area (Å²) in [7, 11) is 0. The van der Waals surface area contributed by atoms with Gasteiger partial charge in [0, 0.05) is 12.1 Å². The van der Waals surface area contributed by atoms with Gasteiger partial charge in [-0.25, -0.2) is 4.98 Å². The second-order valence-electron chi connectivity index (χ2n) is 5.47. The van der Waals surface area contributed by atoms with Crippen molar-refractivity contribution in [3.8, 4) is 0 Å². The zero-order valence-corrected chi connectivity index (χ0v) is 12.2. The van der Waals surface area contributed by atoms with Gasteiger partial charge in [0.1, 0.15) is 11.4 Å². The topological polar surface area (TPSA) is 78.0 Å². The molecule has 1 aromatic heterocycles. The maximum absolute atomic E-state index is 12.3. The minimum Gasteiger partial charge on any atom is -0.380 e. The van der Waals surface area contributed by atoms with Gasteiger partial charge in [-0.15, -0.1) is 0 Å². The van der Waals surface area contributed by atoms with Gasteiger partial charge in [0.25, 0.3) is 5.91 Å². The van der Waals surface area contributed by atoms with E-state index in [0.29, 0.717) is 11.5 Å². The van der Waals surface area contributed by atoms with E-state index in [9.17, 15) is 9.90 Å². The number of anilines is 1. The van der Waals surface area contributed by atoms with Gasteiger partial charge in [-0.1, -0.05) is 30.3 Å². The summed E-state index contributed by atoms with van der Waals surface area (Å²) in [5.74, 6) is 0.119. The van der Waals surface area contributed by atoms with E-state index in [-0.39, 0.29) is 6.42 Å². The molecule has 1 amide bonds. The first kappa shape index (κ1) is 14.3. The summed E-state index contributed by atoms with van der Waals surface area (Å²) < 4.78 is 0. The fourth-order valence-electron chi connectivity index (χ4n) is 2.28. The number of imidazole rings is 1. The van der Waals surface area contributed by atoms with Crippen LogP contribution in [0.4, 0.5) is 5.69 Å². The number of para-hydroxylation sites is 3. The number of carbonyl (C=O) groups excluding carboxylic acids is 1. The predicted molar refractivity (Wildman–Crippen MR) is 85.5 cm³/mol. The highest BCUT2D eigenvalue weighted by Crippen LogP contribution is 2.17. The van der Waals surface area contributed by atoms with Crippen LogP contribution in [0.5, 0.6) is 0 Å². The van der Waals surface area contributed by atoms with Crippen molar-refractivity contribution in [1.29, 1.82) is 0 Å². The summed E-state index contributed by atoms with van der Waals surface area (Å²) in [5, 5.41) is 13.2. The van der Waals surface area contributed by atoms with Crippen LogP contribution in [0.15, 0.2) is 54.6 Å². The van der Waals surface area contributed by atoms with Crippen molar-refractivity contribution < 1.29 is 9.90 Å². The summed E-state index contributed by atoms with van der Waals surface area (Å²) in [6.45, 7) is 1.48. The molecule has 0 radical (unpaired) electrons. The molecule has 22 heavy (non-hydrogen) atoms. The highest BCUT2D eigenvalue weighted by molar-refractivity contribution is 5.97. The third kappa shape index (κ3) is 2.99. The molecule has 3 N–H and O–H groups in total. The quantitative estimate of drug-likeness (QED) is 0.692. The van der Waals surface area contributed by atoms with Crippen molar-refractivity contribution >= 4 is 22.6 Å². The van der Waals surface area contributed by atoms with Gasteiger partial charge in [-0.05, 0) is 31.2 Å². The lowest BCUT2D eigenvalue weighted by atomic mass is 10.0. The summed E-state index contributed by atoms with van der Waals surface area (Å²) >= 11 is 0. The standard InChI is InChI=1S/C17H17N3O2/c1-17(22,16(21)18-12-7-3-2-4-8-12)11-15-19-13-9-5-6-10-14(13)20-15/h2-10,22H,11H2,1H3,(H,18,21)(H,19,20)/t17-/m0/s1. The molecule has 0 saturated heterocycles. The normalized spacial score (nSPS) is 13.7. The van der Waals surface area contributed by atoms with Crippen LogP contribution in [0, 0.1) is 0 Å². The molecule has 112 valence electrons. The van der Waals surface area contributed by atoms with Gasteiger partial charge >= 0.3 is 0 Å². The van der Waals surface area contributed by atoms with E-state index in [1.165, 1.54) is 6.92 Å². The van der Waals surface area contributed by atoms with E-state index < -0.39 is 11.5 Å². The summed E-state index contributed by atoms with van der Waals surface area (Å²) in [4.78, 5) is 19.8. The first-order chi connectivity index (χ1) is 10.5. The number of nitrogens with one attached hydrogen (secondary N) is 2. The molecule has 2 aromatic carbocycles. The fraction of sp³-hybridized carbons (Fsp3) is 0.176. The van der Waals surface area contributed by atoms with Crippen LogP contribution in [0.1, 0.15) is 12.7 Å². The van der Waals surface area contributed by atoms with E-state index in [4.69, 9.17) is 0 Å². The number of aliphatic hydroxyl groups is 1. The third-order valence-corrected chi connectivity index (χ3v) is 3.47. The number of amides is 1. The average Bonchev–Trinajstić information content (AvgIpc) is 2.89. The fourth-order valence-corrected chi connectivity index (χ4v) is 2.28. The monoisotopic (exact) mass is 295 g/mol. The highest BCUT2D eigenvalue weighted by Gasteiger charge is 2.31. The molecule has 5 nitrogen and oxygen atoms in total. The lowest BCUT2D eigenvalue weighted by Gasteiger charge is -2.21. The molecule has 0 fully saturated rings. The van der Waals surface area contributed by atoms with Crippen LogP contribution in [-0.4, -0.2) is 26.6 Å². The second kappa shape index (κ2) is 5.61. The maximum Gasteiger partial charge on any atom is 0.256 e. The van der Waals surface area contributed by atoms with Crippen molar-refractivity contribution in [3.05, 3.63) is 60.4 Å². The molecular weight excluding hydrogens is 278 g/mol. The lowest BCUT2D eigenvalue weighted by molar-refractivity contribution is -0.132. The molecule has 0 spiro atoms. The predicted octanol–water partition coefficient (Wildman–Crippen LogP) is 2.50. The van der Waals surface area contributed by atoms with Crippen LogP contribution in [0.3, 0.4) is 0 Å². The largest absolute Gasteiger partial charge is 0.380 e. The van der Waals surface area contributed by atoms with Crippen molar-refractivity contribution in [2.24, 2.45) is 0 Å². The Morgan fingerprint density at radius 2 is 1.86 bits per heavy atom. The number of hydrogen-bond donors (Lipinski definition) is 3. The third-order valence-electron chi connectivity index (χ3n) is 3.47. The Balaban J connectivity index is 1.76. The van der Waals surface area contributed by atoms with Crippen molar-refractivity contribution in [2.45, 2.75) is 18.9 Å². The van der Waals surface area contributed by atoms with Gasteiger partial charge < -0.3 is 15.4 Å². The Bertz CT molecular complexity index is 761. The molecule has 0 aliphatic carbocycles. The number of aromatic nitrogens is 2. The molecule has 3 aromatic rings. The van der Waals surface area contributed by atoms with Crippen molar-refractivity contribution in [1.82, 2.24) is 9.97 Å². The Kier molecular flexibility index (Phi) is 3.65. The number of rotatable bonds is 4. The van der Waals surface area contributed by atoms with Crippen LogP contribution >= 0.6 is 0 Å². The van der Waals surface area contributed by atoms with Crippen molar-refractivity contribution in [3.63, 3.8) is 0 Å². The first-order valence-corrected chi connectivity index (χ1v) is 7.07. The Hall–Kier alpha value is -2.66. The number of benzene rings is 2. The van der Waals surface area contributed by atoms with Gasteiger partial charge in [-0.2, -0.15) is 0 Å². The van der Waals surface area contributed by atoms with Crippen LogP contribution in [0.2, 0.25) is 0 Å². The van der Waals surface area contributed by atoms with Gasteiger partial charge in [0.15, 0.2) is 0 Å². The number of fused-ring (bicyclic) bond motifs is 1. The Morgan fingerprint density at radius 3 is 2.59 bits per heavy atom. The minimum absolute atomic E-state index is 0.111. The number of nitrogens with zero attached hydrogens (tertiary/aromatic N) is 1. The Labute approximate surface area is 128 Å². The lowest BCUT2D eigenvalue weighted by Crippen LogP contribution is -2.42. The van der Waals surface area contributed by atoms with Crippen molar-refractivity contribution in [2.75, 3.05) is 5.32 Å². The van der Waals surface area contributed by atoms with Crippen LogP contribution in [0.25, 0.3) is 11.0 Å². The van der Waals surface area contributed by atoms with E-state index in [1.54, 1.807) is 12.1 Å². The van der Waals surface area contributed by atoms with Crippen LogP contribution < -0.4 is 5.32 Å². The molecule has 5 heteroatoms. The zero-order valence-electron chi connectivity index (χ0n) is 12.2. The molecule has 0 saturated carbocycles. The molecule has 3 rings (SSSR count). The molecule has 0 aliphatic rings. The Morgan fingerprint density at radius 1 is 1.18 bits per heavy atom. The van der Waals surface area contributed by atoms with E-state index in [0.717, 1.165) is 11.0 Å². The molecule has 0 unspecified atom stereocenters. The molecule has 1 atom stereocenters. The smallest absolute Gasteiger partial charge is 0.256 e. The second-order valence-corrected chi connectivity index (χ2v) is 5.47. The van der Waals surface area contributed by atoms with E-state index in [2.05, 4.69) is 15.3 Å². The summed E-state index contributed by atoms with van der Waals surface area (Å²) in [5.41, 5.74) is 0.801. The molecule has 1 heterocycles. The molecular formula is C17H17N3O2. The number of H-pyrrole nitrogens is 1. The van der Waals surface area contributed by atoms with Gasteiger partial charge in [-0.3, -0.25) is 4.79 Å².